The molecule has 0 saturated carbocycles. The maximum absolute atomic E-state index is 12.3. The molecule has 0 bridgehead atoms. The Morgan fingerprint density at radius 2 is 2.08 bits per heavy atom. The molecule has 0 spiro atoms. The average Bonchev–Trinajstić information content (AvgIpc) is 2.58. The summed E-state index contributed by atoms with van der Waals surface area (Å²) in [6, 6.07) is 4.84. The van der Waals surface area contributed by atoms with Crippen LogP contribution in [0, 0.1) is 5.92 Å². The van der Waals surface area contributed by atoms with Crippen molar-refractivity contribution in [3.05, 3.63) is 40.2 Å². The molecule has 1 aromatic rings. The van der Waals surface area contributed by atoms with Gasteiger partial charge in [0.25, 0.3) is 0 Å². The number of hydrogen-bond donors (Lipinski definition) is 1. The number of esters is 2. The first kappa shape index (κ1) is 17.8. The van der Waals surface area contributed by atoms with Gasteiger partial charge < -0.3 is 19.9 Å². The van der Waals surface area contributed by atoms with E-state index in [4.69, 9.17) is 31.5 Å². The Bertz CT molecular complexity index is 729. The molecule has 8 heteroatoms. The highest BCUT2D eigenvalue weighted by molar-refractivity contribution is 6.30. The number of ether oxygens (including phenoxy) is 3. The van der Waals surface area contributed by atoms with Crippen LogP contribution in [0.5, 0.6) is 5.75 Å². The highest BCUT2D eigenvalue weighted by Gasteiger charge is 2.42. The van der Waals surface area contributed by atoms with Gasteiger partial charge in [-0.15, -0.1) is 0 Å². The lowest BCUT2D eigenvalue weighted by molar-refractivity contribution is -0.143. The number of methoxy groups -OCH3 is 2. The first-order chi connectivity index (χ1) is 11.4. The van der Waals surface area contributed by atoms with E-state index in [2.05, 4.69) is 4.99 Å². The zero-order valence-corrected chi connectivity index (χ0v) is 14.2. The second-order valence-corrected chi connectivity index (χ2v) is 5.42. The van der Waals surface area contributed by atoms with Crippen molar-refractivity contribution in [2.75, 3.05) is 21.3 Å². The van der Waals surface area contributed by atoms with Crippen LogP contribution in [0.3, 0.4) is 0 Å². The summed E-state index contributed by atoms with van der Waals surface area (Å²) in [6.07, 6.45) is 1.39. The third-order valence-electron chi connectivity index (χ3n) is 3.65. The Kier molecular flexibility index (Phi) is 5.46. The van der Waals surface area contributed by atoms with Crippen LogP contribution in [0.15, 0.2) is 34.6 Å². The summed E-state index contributed by atoms with van der Waals surface area (Å²) < 4.78 is 15.1. The van der Waals surface area contributed by atoms with Gasteiger partial charge in [0.05, 0.1) is 14.2 Å². The van der Waals surface area contributed by atoms with Gasteiger partial charge in [0, 0.05) is 29.8 Å². The van der Waals surface area contributed by atoms with E-state index >= 15 is 0 Å². The molecular formula is C16H17ClN2O5. The summed E-state index contributed by atoms with van der Waals surface area (Å²) in [5.41, 5.74) is 6.44. The summed E-state index contributed by atoms with van der Waals surface area (Å²) in [4.78, 5) is 28.4. The predicted molar refractivity (Wildman–Crippen MR) is 88.0 cm³/mol. The Hall–Kier alpha value is -2.54. The molecule has 1 aliphatic rings. The first-order valence-electron chi connectivity index (χ1n) is 7.00. The van der Waals surface area contributed by atoms with Crippen molar-refractivity contribution in [3.8, 4) is 5.75 Å². The molecule has 0 saturated heterocycles. The van der Waals surface area contributed by atoms with Crippen LogP contribution < -0.4 is 10.5 Å². The average molecular weight is 353 g/mol. The molecule has 0 radical (unpaired) electrons. The summed E-state index contributed by atoms with van der Waals surface area (Å²) >= 11 is 6.07. The number of aliphatic imine (C=N–C) groups is 1. The smallest absolute Gasteiger partial charge is 0.339 e. The van der Waals surface area contributed by atoms with Crippen molar-refractivity contribution in [3.63, 3.8) is 0 Å². The molecule has 7 nitrogen and oxygen atoms in total. The Morgan fingerprint density at radius 1 is 1.38 bits per heavy atom. The largest absolute Gasteiger partial charge is 0.468 e. The Morgan fingerprint density at radius 3 is 2.67 bits per heavy atom. The van der Waals surface area contributed by atoms with Crippen LogP contribution in [-0.2, 0) is 19.1 Å². The van der Waals surface area contributed by atoms with E-state index in [1.807, 2.05) is 0 Å². The number of carbonyl (C=O) groups excluding carboxylic acids is 2. The minimum absolute atomic E-state index is 0.0163. The molecule has 0 amide bonds. The second kappa shape index (κ2) is 7.35. The van der Waals surface area contributed by atoms with E-state index < -0.39 is 23.8 Å². The molecule has 2 unspecified atom stereocenters. The molecule has 24 heavy (non-hydrogen) atoms. The lowest BCUT2D eigenvalue weighted by Gasteiger charge is -2.30. The summed E-state index contributed by atoms with van der Waals surface area (Å²) in [6.45, 7) is 0. The van der Waals surface area contributed by atoms with Crippen LogP contribution in [0.4, 0.5) is 0 Å². The minimum atomic E-state index is -0.895. The summed E-state index contributed by atoms with van der Waals surface area (Å²) in [5, 5.41) is 0.420. The van der Waals surface area contributed by atoms with Crippen LogP contribution >= 0.6 is 11.6 Å². The normalized spacial score (nSPS) is 17.9. The van der Waals surface area contributed by atoms with Crippen molar-refractivity contribution in [2.24, 2.45) is 16.6 Å². The number of rotatable bonds is 4. The van der Waals surface area contributed by atoms with Crippen molar-refractivity contribution >= 4 is 29.8 Å². The van der Waals surface area contributed by atoms with Gasteiger partial charge in [-0.05, 0) is 18.2 Å². The van der Waals surface area contributed by atoms with Crippen molar-refractivity contribution < 1.29 is 23.8 Å². The SMILES string of the molecule is CN=CC(C(=O)OC)C1C(C(=O)OC)=C(N)Oc2ccc(Cl)cc21. The van der Waals surface area contributed by atoms with Crippen molar-refractivity contribution in [1.29, 1.82) is 0 Å². The fourth-order valence-electron chi connectivity index (χ4n) is 2.63. The highest BCUT2D eigenvalue weighted by Crippen LogP contribution is 2.43. The minimum Gasteiger partial charge on any atom is -0.468 e. The highest BCUT2D eigenvalue weighted by atomic mass is 35.5. The number of carbonyl (C=O) groups is 2. The number of nitrogens with two attached hydrogens (primary N) is 1. The number of fused-ring (bicyclic) bond motifs is 1. The molecule has 0 aromatic heterocycles. The zero-order valence-electron chi connectivity index (χ0n) is 13.4. The number of nitrogens with zero attached hydrogens (tertiary/aromatic N) is 1. The molecular weight excluding hydrogens is 336 g/mol. The second-order valence-electron chi connectivity index (χ2n) is 4.99. The van der Waals surface area contributed by atoms with Crippen LogP contribution in [-0.4, -0.2) is 39.4 Å². The maximum Gasteiger partial charge on any atom is 0.339 e. The maximum atomic E-state index is 12.3. The van der Waals surface area contributed by atoms with E-state index in [9.17, 15) is 9.59 Å². The molecule has 1 aromatic carbocycles. The van der Waals surface area contributed by atoms with Gasteiger partial charge in [-0.1, -0.05) is 11.6 Å². The molecule has 2 atom stereocenters. The van der Waals surface area contributed by atoms with E-state index in [0.29, 0.717) is 16.3 Å². The van der Waals surface area contributed by atoms with Gasteiger partial charge in [-0.3, -0.25) is 9.79 Å². The van der Waals surface area contributed by atoms with E-state index in [0.717, 1.165) is 0 Å². The topological polar surface area (TPSA) is 100 Å². The fraction of sp³-hybridized carbons (Fsp3) is 0.312. The van der Waals surface area contributed by atoms with E-state index in [1.165, 1.54) is 27.5 Å². The lowest BCUT2D eigenvalue weighted by atomic mass is 9.79. The third-order valence-corrected chi connectivity index (χ3v) is 3.89. The van der Waals surface area contributed by atoms with E-state index in [-0.39, 0.29) is 11.5 Å². The summed E-state index contributed by atoms with van der Waals surface area (Å²) in [5.74, 6) is -2.72. The van der Waals surface area contributed by atoms with Crippen LogP contribution in [0.1, 0.15) is 11.5 Å². The summed E-state index contributed by atoms with van der Waals surface area (Å²) in [7, 11) is 3.98. The molecule has 1 heterocycles. The van der Waals surface area contributed by atoms with Crippen LogP contribution in [0.25, 0.3) is 0 Å². The molecule has 2 rings (SSSR count). The monoisotopic (exact) mass is 352 g/mol. The van der Waals surface area contributed by atoms with Gasteiger partial charge in [0.2, 0.25) is 5.88 Å². The van der Waals surface area contributed by atoms with Gasteiger partial charge in [-0.2, -0.15) is 0 Å². The van der Waals surface area contributed by atoms with Gasteiger partial charge in [-0.25, -0.2) is 4.79 Å². The molecule has 128 valence electrons. The lowest BCUT2D eigenvalue weighted by Crippen LogP contribution is -2.34. The first-order valence-corrected chi connectivity index (χ1v) is 7.37. The molecule has 1 aliphatic heterocycles. The molecule has 0 aliphatic carbocycles. The molecule has 2 N–H and O–H groups in total. The number of hydrogen-bond acceptors (Lipinski definition) is 7. The standard InChI is InChI=1S/C16H17ClN2O5/c1-19-7-10(15(20)22-2)12-9-6-8(17)4-5-11(9)24-14(18)13(12)16(21)23-3/h4-7,10,12H,18H2,1-3H3. The van der Waals surface area contributed by atoms with Gasteiger partial charge in [0.1, 0.15) is 17.2 Å². The van der Waals surface area contributed by atoms with Crippen molar-refractivity contribution in [2.45, 2.75) is 5.92 Å². The van der Waals surface area contributed by atoms with Crippen molar-refractivity contribution in [1.82, 2.24) is 0 Å². The number of benzene rings is 1. The van der Waals surface area contributed by atoms with Crippen LogP contribution in [0.2, 0.25) is 5.02 Å². The Balaban J connectivity index is 2.71. The predicted octanol–water partition coefficient (Wildman–Crippen LogP) is 1.65. The Labute approximate surface area is 144 Å². The van der Waals surface area contributed by atoms with Gasteiger partial charge in [0.15, 0.2) is 0 Å². The fourth-order valence-corrected chi connectivity index (χ4v) is 2.81. The van der Waals surface area contributed by atoms with Gasteiger partial charge >= 0.3 is 11.9 Å². The van der Waals surface area contributed by atoms with E-state index in [1.54, 1.807) is 18.2 Å². The molecule has 0 fully saturated rings. The zero-order chi connectivity index (χ0) is 17.9. The number of halogens is 1. The quantitative estimate of drug-likeness (QED) is 0.653. The third kappa shape index (κ3) is 3.21.